The smallest absolute Gasteiger partial charge is 0.240 e. The Morgan fingerprint density at radius 2 is 2.32 bits per heavy atom. The lowest BCUT2D eigenvalue weighted by atomic mass is 10.2. The lowest BCUT2D eigenvalue weighted by Crippen LogP contribution is -2.28. The van der Waals surface area contributed by atoms with Crippen LogP contribution in [0, 0.1) is 6.92 Å². The number of anilines is 1. The van der Waals surface area contributed by atoms with Crippen LogP contribution in [0.15, 0.2) is 29.3 Å². The molecule has 1 atom stereocenters. The third-order valence-corrected chi connectivity index (χ3v) is 3.83. The van der Waals surface area contributed by atoms with E-state index in [0.717, 1.165) is 11.3 Å². The number of amides is 2. The van der Waals surface area contributed by atoms with Crippen molar-refractivity contribution in [1.29, 1.82) is 0 Å². The van der Waals surface area contributed by atoms with Crippen LogP contribution in [0.4, 0.5) is 5.69 Å². The summed E-state index contributed by atoms with van der Waals surface area (Å²) >= 11 is 1.29. The van der Waals surface area contributed by atoms with Crippen LogP contribution in [-0.2, 0) is 9.59 Å². The number of amidine groups is 1. The molecule has 0 spiro atoms. The lowest BCUT2D eigenvalue weighted by molar-refractivity contribution is -0.122. The molecule has 0 aliphatic carbocycles. The number of rotatable bonds is 3. The van der Waals surface area contributed by atoms with Crippen molar-refractivity contribution in [3.8, 4) is 0 Å². The maximum Gasteiger partial charge on any atom is 0.240 e. The minimum atomic E-state index is -0.400. The number of thioether (sulfide) groups is 1. The van der Waals surface area contributed by atoms with Crippen LogP contribution >= 0.6 is 11.8 Å². The van der Waals surface area contributed by atoms with E-state index in [1.807, 2.05) is 31.2 Å². The molecule has 1 fully saturated rings. The number of hydrogen-bond donors (Lipinski definition) is 2. The van der Waals surface area contributed by atoms with Crippen LogP contribution < -0.4 is 10.6 Å². The van der Waals surface area contributed by atoms with E-state index in [9.17, 15) is 9.59 Å². The second-order valence-corrected chi connectivity index (χ2v) is 5.44. The molecule has 0 aromatic heterocycles. The average molecular weight is 277 g/mol. The summed E-state index contributed by atoms with van der Waals surface area (Å²) in [7, 11) is 1.61. The summed E-state index contributed by atoms with van der Waals surface area (Å²) in [6.07, 6.45) is 0.142. The zero-order chi connectivity index (χ0) is 13.8. The van der Waals surface area contributed by atoms with Crippen molar-refractivity contribution in [2.45, 2.75) is 18.6 Å². The Hall–Kier alpha value is -1.82. The monoisotopic (exact) mass is 277 g/mol. The van der Waals surface area contributed by atoms with Gasteiger partial charge in [0.05, 0.1) is 0 Å². The highest BCUT2D eigenvalue weighted by molar-refractivity contribution is 8.15. The molecule has 1 aliphatic heterocycles. The first kappa shape index (κ1) is 13.6. The first-order chi connectivity index (χ1) is 9.08. The van der Waals surface area contributed by atoms with Crippen molar-refractivity contribution < 1.29 is 9.59 Å². The topological polar surface area (TPSA) is 70.6 Å². The molecule has 0 radical (unpaired) electrons. The molecule has 0 saturated carbocycles. The van der Waals surface area contributed by atoms with Crippen LogP contribution in [-0.4, -0.2) is 29.3 Å². The van der Waals surface area contributed by atoms with Crippen LogP contribution in [0.2, 0.25) is 0 Å². The number of aliphatic imine (C=N–C) groups is 1. The van der Waals surface area contributed by atoms with Gasteiger partial charge in [-0.15, -0.1) is 0 Å². The summed E-state index contributed by atoms with van der Waals surface area (Å²) in [5, 5.41) is 5.59. The van der Waals surface area contributed by atoms with Gasteiger partial charge in [0.25, 0.3) is 0 Å². The molecule has 1 aromatic carbocycles. The van der Waals surface area contributed by atoms with E-state index >= 15 is 0 Å². The number of nitrogens with one attached hydrogen (secondary N) is 2. The number of hydrogen-bond acceptors (Lipinski definition) is 4. The van der Waals surface area contributed by atoms with Crippen molar-refractivity contribution in [2.75, 3.05) is 12.4 Å². The predicted molar refractivity (Wildman–Crippen MR) is 77.3 cm³/mol. The zero-order valence-corrected chi connectivity index (χ0v) is 11.6. The Morgan fingerprint density at radius 3 is 2.95 bits per heavy atom. The second-order valence-electron chi connectivity index (χ2n) is 4.25. The van der Waals surface area contributed by atoms with Gasteiger partial charge in [0.2, 0.25) is 11.8 Å². The number of carbonyl (C=O) groups excluding carboxylic acids is 2. The molecule has 5 nitrogen and oxygen atoms in total. The molecule has 100 valence electrons. The van der Waals surface area contributed by atoms with Crippen LogP contribution in [0.3, 0.4) is 0 Å². The number of benzene rings is 1. The number of aryl methyl sites for hydroxylation is 1. The van der Waals surface area contributed by atoms with Crippen molar-refractivity contribution in [3.63, 3.8) is 0 Å². The van der Waals surface area contributed by atoms with Crippen LogP contribution in [0.5, 0.6) is 0 Å². The van der Waals surface area contributed by atoms with Crippen molar-refractivity contribution in [2.24, 2.45) is 4.99 Å². The molecule has 1 heterocycles. The fourth-order valence-electron chi connectivity index (χ4n) is 1.75. The third kappa shape index (κ3) is 3.57. The van der Waals surface area contributed by atoms with Gasteiger partial charge in [-0.25, -0.2) is 0 Å². The minimum Gasteiger partial charge on any atom is -0.326 e. The molecule has 6 heteroatoms. The summed E-state index contributed by atoms with van der Waals surface area (Å²) < 4.78 is 0. The molecule has 2 amide bonds. The Bertz CT molecular complexity index is 542. The SMILES string of the molecule is CN=C1NC(=O)[C@@H](CC(=O)Nc2cccc(C)c2)S1. The summed E-state index contributed by atoms with van der Waals surface area (Å²) in [4.78, 5) is 27.4. The molecule has 2 rings (SSSR count). The zero-order valence-electron chi connectivity index (χ0n) is 10.8. The molecule has 1 saturated heterocycles. The van der Waals surface area contributed by atoms with Gasteiger partial charge in [0.1, 0.15) is 5.25 Å². The highest BCUT2D eigenvalue weighted by Crippen LogP contribution is 2.22. The Labute approximate surface area is 115 Å². The molecule has 0 bridgehead atoms. The van der Waals surface area contributed by atoms with E-state index < -0.39 is 5.25 Å². The van der Waals surface area contributed by atoms with Gasteiger partial charge in [0, 0.05) is 19.2 Å². The summed E-state index contributed by atoms with van der Waals surface area (Å²) in [6.45, 7) is 1.96. The minimum absolute atomic E-state index is 0.142. The number of nitrogens with zero attached hydrogens (tertiary/aromatic N) is 1. The molecular formula is C13H15N3O2S. The maximum absolute atomic E-state index is 11.9. The van der Waals surface area contributed by atoms with E-state index in [2.05, 4.69) is 15.6 Å². The van der Waals surface area contributed by atoms with Crippen molar-refractivity contribution >= 4 is 34.4 Å². The highest BCUT2D eigenvalue weighted by atomic mass is 32.2. The summed E-state index contributed by atoms with van der Waals surface area (Å²) in [5.41, 5.74) is 1.82. The molecule has 1 aromatic rings. The van der Waals surface area contributed by atoms with Gasteiger partial charge in [-0.2, -0.15) is 0 Å². The van der Waals surface area contributed by atoms with Gasteiger partial charge < -0.3 is 10.6 Å². The van der Waals surface area contributed by atoms with Crippen molar-refractivity contribution in [3.05, 3.63) is 29.8 Å². The van der Waals surface area contributed by atoms with Crippen molar-refractivity contribution in [1.82, 2.24) is 5.32 Å². The van der Waals surface area contributed by atoms with E-state index in [4.69, 9.17) is 0 Å². The van der Waals surface area contributed by atoms with E-state index in [1.165, 1.54) is 11.8 Å². The fourth-order valence-corrected chi connectivity index (χ4v) is 2.68. The third-order valence-electron chi connectivity index (χ3n) is 2.65. The van der Waals surface area contributed by atoms with E-state index in [0.29, 0.717) is 5.17 Å². The van der Waals surface area contributed by atoms with E-state index in [1.54, 1.807) is 7.05 Å². The molecule has 1 aliphatic rings. The van der Waals surface area contributed by atoms with Gasteiger partial charge in [0.15, 0.2) is 5.17 Å². The van der Waals surface area contributed by atoms with Gasteiger partial charge >= 0.3 is 0 Å². The largest absolute Gasteiger partial charge is 0.326 e. The Morgan fingerprint density at radius 1 is 1.53 bits per heavy atom. The Kier molecular flexibility index (Phi) is 4.21. The average Bonchev–Trinajstić information content (AvgIpc) is 2.70. The molecule has 19 heavy (non-hydrogen) atoms. The van der Waals surface area contributed by atoms with Crippen LogP contribution in [0.1, 0.15) is 12.0 Å². The maximum atomic E-state index is 11.9. The molecular weight excluding hydrogens is 262 g/mol. The Balaban J connectivity index is 1.93. The number of carbonyl (C=O) groups is 2. The normalized spacial score (nSPS) is 20.4. The summed E-state index contributed by atoms with van der Waals surface area (Å²) in [5.74, 6) is -0.333. The predicted octanol–water partition coefficient (Wildman–Crippen LogP) is 1.54. The molecule has 0 unspecified atom stereocenters. The quantitative estimate of drug-likeness (QED) is 0.880. The lowest BCUT2D eigenvalue weighted by Gasteiger charge is -2.07. The standard InChI is InChI=1S/C13H15N3O2S/c1-8-4-3-5-9(6-8)15-11(17)7-10-12(18)16-13(14-2)19-10/h3-6,10H,7H2,1-2H3,(H,15,17)(H,14,16,18)/t10-/m1/s1. The molecule has 2 N–H and O–H groups in total. The fraction of sp³-hybridized carbons (Fsp3) is 0.308. The van der Waals surface area contributed by atoms with Crippen LogP contribution in [0.25, 0.3) is 0 Å². The first-order valence-electron chi connectivity index (χ1n) is 5.89. The van der Waals surface area contributed by atoms with Gasteiger partial charge in [-0.1, -0.05) is 23.9 Å². The van der Waals surface area contributed by atoms with Gasteiger partial charge in [-0.3, -0.25) is 14.6 Å². The second kappa shape index (κ2) is 5.88. The highest BCUT2D eigenvalue weighted by Gasteiger charge is 2.31. The van der Waals surface area contributed by atoms with Gasteiger partial charge in [-0.05, 0) is 24.6 Å². The van der Waals surface area contributed by atoms with E-state index in [-0.39, 0.29) is 18.2 Å². The first-order valence-corrected chi connectivity index (χ1v) is 6.77. The summed E-state index contributed by atoms with van der Waals surface area (Å²) in [6, 6.07) is 7.55.